The average Bonchev–Trinajstić information content (AvgIpc) is 2.43. The number of halogens is 3. The van der Waals surface area contributed by atoms with E-state index < -0.39 is 0 Å². The van der Waals surface area contributed by atoms with Crippen molar-refractivity contribution in [3.8, 4) is 0 Å². The molecule has 0 aliphatic heterocycles. The smallest absolute Gasteiger partial charge is 0.142 e. The van der Waals surface area contributed by atoms with E-state index in [1.54, 1.807) is 6.07 Å². The maximum absolute atomic E-state index is 13.5. The van der Waals surface area contributed by atoms with E-state index in [1.807, 2.05) is 31.3 Å². The first-order chi connectivity index (χ1) is 10.1. The van der Waals surface area contributed by atoms with Gasteiger partial charge < -0.3 is 5.32 Å². The summed E-state index contributed by atoms with van der Waals surface area (Å²) in [5, 5.41) is 4.11. The van der Waals surface area contributed by atoms with Crippen molar-refractivity contribution in [2.75, 3.05) is 13.6 Å². The van der Waals surface area contributed by atoms with Crippen LogP contribution in [0.1, 0.15) is 11.1 Å². The third kappa shape index (κ3) is 4.99. The zero-order valence-corrected chi connectivity index (χ0v) is 13.4. The number of rotatable bonds is 6. The van der Waals surface area contributed by atoms with Gasteiger partial charge in [-0.05, 0) is 67.7 Å². The van der Waals surface area contributed by atoms with Gasteiger partial charge >= 0.3 is 0 Å². The molecular formula is C17H18Cl2FN. The van der Waals surface area contributed by atoms with Crippen molar-refractivity contribution < 1.29 is 4.39 Å². The Morgan fingerprint density at radius 2 is 1.76 bits per heavy atom. The lowest BCUT2D eigenvalue weighted by molar-refractivity contribution is 0.491. The number of hydrogen-bond donors (Lipinski definition) is 1. The van der Waals surface area contributed by atoms with Crippen LogP contribution in [0.15, 0.2) is 42.5 Å². The highest BCUT2D eigenvalue weighted by atomic mass is 35.5. The Bertz CT molecular complexity index is 601. The Balaban J connectivity index is 2.09. The van der Waals surface area contributed by atoms with Crippen LogP contribution in [0.5, 0.6) is 0 Å². The van der Waals surface area contributed by atoms with Crippen molar-refractivity contribution in [1.29, 1.82) is 0 Å². The largest absolute Gasteiger partial charge is 0.319 e. The minimum Gasteiger partial charge on any atom is -0.319 e. The van der Waals surface area contributed by atoms with Gasteiger partial charge in [0.1, 0.15) is 5.82 Å². The van der Waals surface area contributed by atoms with Crippen molar-refractivity contribution in [2.24, 2.45) is 5.92 Å². The van der Waals surface area contributed by atoms with Crippen molar-refractivity contribution >= 4 is 23.2 Å². The zero-order valence-electron chi connectivity index (χ0n) is 11.9. The molecule has 4 heteroatoms. The molecule has 112 valence electrons. The highest BCUT2D eigenvalue weighted by Gasteiger charge is 2.12. The highest BCUT2D eigenvalue weighted by Crippen LogP contribution is 2.20. The fraction of sp³-hybridized carbons (Fsp3) is 0.294. The van der Waals surface area contributed by atoms with Crippen LogP contribution < -0.4 is 5.32 Å². The number of benzene rings is 2. The maximum atomic E-state index is 13.5. The summed E-state index contributed by atoms with van der Waals surface area (Å²) in [5.74, 6) is 0.00849. The molecule has 0 saturated heterocycles. The summed E-state index contributed by atoms with van der Waals surface area (Å²) in [6.45, 7) is 0.858. The molecule has 1 nitrogen and oxygen atoms in total. The molecule has 0 fully saturated rings. The summed E-state index contributed by atoms with van der Waals surface area (Å²) in [6.07, 6.45) is 1.69. The second-order valence-electron chi connectivity index (χ2n) is 5.21. The first kappa shape index (κ1) is 16.3. The van der Waals surface area contributed by atoms with Crippen LogP contribution in [-0.4, -0.2) is 13.6 Å². The number of nitrogens with one attached hydrogen (secondary N) is 1. The molecule has 0 radical (unpaired) electrons. The van der Waals surface area contributed by atoms with Gasteiger partial charge in [-0.15, -0.1) is 0 Å². The third-order valence-corrected chi connectivity index (χ3v) is 3.96. The average molecular weight is 326 g/mol. The molecule has 0 amide bonds. The van der Waals surface area contributed by atoms with E-state index in [2.05, 4.69) is 11.4 Å². The molecule has 0 aromatic heterocycles. The van der Waals surface area contributed by atoms with Gasteiger partial charge in [-0.3, -0.25) is 0 Å². The van der Waals surface area contributed by atoms with Crippen molar-refractivity contribution in [2.45, 2.75) is 12.8 Å². The van der Waals surface area contributed by atoms with Crippen LogP contribution in [-0.2, 0) is 12.8 Å². The lowest BCUT2D eigenvalue weighted by Gasteiger charge is -2.17. The van der Waals surface area contributed by atoms with Gasteiger partial charge in [0.05, 0.1) is 5.02 Å². The maximum Gasteiger partial charge on any atom is 0.142 e. The van der Waals surface area contributed by atoms with Crippen LogP contribution >= 0.6 is 23.2 Å². The van der Waals surface area contributed by atoms with Crippen LogP contribution in [0.25, 0.3) is 0 Å². The summed E-state index contributed by atoms with van der Waals surface area (Å²) in [5.41, 5.74) is 2.15. The normalized spacial score (nSPS) is 12.4. The highest BCUT2D eigenvalue weighted by molar-refractivity contribution is 6.30. The van der Waals surface area contributed by atoms with Crippen LogP contribution in [0.2, 0.25) is 10.0 Å². The van der Waals surface area contributed by atoms with Crippen LogP contribution in [0.3, 0.4) is 0 Å². The Morgan fingerprint density at radius 1 is 1.05 bits per heavy atom. The molecule has 1 N–H and O–H groups in total. The van der Waals surface area contributed by atoms with Gasteiger partial charge in [0.25, 0.3) is 0 Å². The molecule has 1 atom stereocenters. The first-order valence-corrected chi connectivity index (χ1v) is 7.67. The quantitative estimate of drug-likeness (QED) is 0.807. The summed E-state index contributed by atoms with van der Waals surface area (Å²) in [6, 6.07) is 12.9. The lowest BCUT2D eigenvalue weighted by Crippen LogP contribution is -2.22. The van der Waals surface area contributed by atoms with E-state index in [0.717, 1.165) is 30.0 Å². The summed E-state index contributed by atoms with van der Waals surface area (Å²) in [4.78, 5) is 0. The SMILES string of the molecule is CNCC(Cc1cccc(Cl)c1)Cc1ccc(Cl)c(F)c1. The summed E-state index contributed by atoms with van der Waals surface area (Å²) >= 11 is 11.7. The van der Waals surface area contributed by atoms with Gasteiger partial charge in [0.2, 0.25) is 0 Å². The van der Waals surface area contributed by atoms with E-state index >= 15 is 0 Å². The van der Waals surface area contributed by atoms with Gasteiger partial charge in [0, 0.05) is 5.02 Å². The Morgan fingerprint density at radius 3 is 2.38 bits per heavy atom. The Kier molecular flexibility index (Phi) is 6.04. The topological polar surface area (TPSA) is 12.0 Å². The fourth-order valence-corrected chi connectivity index (χ4v) is 2.83. The lowest BCUT2D eigenvalue weighted by atomic mass is 9.92. The monoisotopic (exact) mass is 325 g/mol. The molecule has 2 aromatic carbocycles. The molecule has 0 spiro atoms. The first-order valence-electron chi connectivity index (χ1n) is 6.91. The molecule has 1 unspecified atom stereocenters. The summed E-state index contributed by atoms with van der Waals surface area (Å²) < 4.78 is 13.5. The van der Waals surface area contributed by atoms with E-state index in [4.69, 9.17) is 23.2 Å². The minimum absolute atomic E-state index is 0.166. The standard InChI is InChI=1S/C17H18Cl2FN/c1-21-11-14(7-12-3-2-4-15(18)9-12)8-13-5-6-16(19)17(20)10-13/h2-6,9-10,14,21H,7-8,11H2,1H3. The van der Waals surface area contributed by atoms with Gasteiger partial charge in [-0.2, -0.15) is 0 Å². The second-order valence-corrected chi connectivity index (χ2v) is 6.05. The molecule has 21 heavy (non-hydrogen) atoms. The molecule has 0 aliphatic rings. The molecule has 2 aromatic rings. The predicted octanol–water partition coefficient (Wildman–Crippen LogP) is 4.75. The van der Waals surface area contributed by atoms with Crippen molar-refractivity contribution in [3.63, 3.8) is 0 Å². The molecular weight excluding hydrogens is 308 g/mol. The van der Waals surface area contributed by atoms with Gasteiger partial charge in [-0.1, -0.05) is 41.4 Å². The molecule has 0 bridgehead atoms. The minimum atomic E-state index is -0.361. The van der Waals surface area contributed by atoms with Crippen LogP contribution in [0.4, 0.5) is 4.39 Å². The van der Waals surface area contributed by atoms with Gasteiger partial charge in [0.15, 0.2) is 0 Å². The predicted molar refractivity (Wildman–Crippen MR) is 87.7 cm³/mol. The molecule has 2 rings (SSSR count). The van der Waals surface area contributed by atoms with E-state index in [1.165, 1.54) is 11.6 Å². The van der Waals surface area contributed by atoms with Crippen molar-refractivity contribution in [1.82, 2.24) is 5.32 Å². The second kappa shape index (κ2) is 7.79. The fourth-order valence-electron chi connectivity index (χ4n) is 2.50. The Hall–Kier alpha value is -1.09. The summed E-state index contributed by atoms with van der Waals surface area (Å²) in [7, 11) is 1.92. The zero-order chi connectivity index (χ0) is 15.2. The van der Waals surface area contributed by atoms with Gasteiger partial charge in [-0.25, -0.2) is 4.39 Å². The van der Waals surface area contributed by atoms with E-state index in [9.17, 15) is 4.39 Å². The third-order valence-electron chi connectivity index (χ3n) is 3.41. The van der Waals surface area contributed by atoms with E-state index in [-0.39, 0.29) is 10.8 Å². The molecule has 0 aliphatic carbocycles. The van der Waals surface area contributed by atoms with E-state index in [0.29, 0.717) is 5.92 Å². The number of hydrogen-bond acceptors (Lipinski definition) is 1. The Labute approximate surface area is 135 Å². The van der Waals surface area contributed by atoms with Crippen molar-refractivity contribution in [3.05, 3.63) is 69.5 Å². The molecule has 0 heterocycles. The van der Waals surface area contributed by atoms with Crippen LogP contribution in [0, 0.1) is 11.7 Å². The molecule has 0 saturated carbocycles.